The molecule has 0 fully saturated rings. The van der Waals surface area contributed by atoms with Crippen LogP contribution in [0.15, 0.2) is 34.1 Å². The quantitative estimate of drug-likeness (QED) is 0.651. The molecule has 0 aliphatic rings. The van der Waals surface area contributed by atoms with Gasteiger partial charge in [0, 0.05) is 37.7 Å². The molecule has 0 bridgehead atoms. The summed E-state index contributed by atoms with van der Waals surface area (Å²) in [7, 11) is 4.74. The Morgan fingerprint density at radius 1 is 1.22 bits per heavy atom. The van der Waals surface area contributed by atoms with Crippen LogP contribution in [0.5, 0.6) is 0 Å². The highest BCUT2D eigenvalue weighted by atomic mass is 35.5. The van der Waals surface area contributed by atoms with Crippen molar-refractivity contribution in [2.75, 3.05) is 7.05 Å². The first-order valence-corrected chi connectivity index (χ1v) is 8.75. The Labute approximate surface area is 164 Å². The van der Waals surface area contributed by atoms with E-state index in [0.717, 1.165) is 4.57 Å². The fourth-order valence-electron chi connectivity index (χ4n) is 2.79. The van der Waals surface area contributed by atoms with Crippen LogP contribution in [-0.4, -0.2) is 36.5 Å². The first kappa shape index (κ1) is 19.2. The molecule has 0 spiro atoms. The number of halogens is 2. The van der Waals surface area contributed by atoms with Crippen LogP contribution in [0.25, 0.3) is 11.2 Å². The van der Waals surface area contributed by atoms with Crippen molar-refractivity contribution in [1.29, 1.82) is 0 Å². The van der Waals surface area contributed by atoms with Gasteiger partial charge < -0.3 is 9.47 Å². The number of imidazole rings is 1. The molecule has 3 rings (SSSR count). The summed E-state index contributed by atoms with van der Waals surface area (Å²) in [6, 6.07) is 4.99. The van der Waals surface area contributed by atoms with Gasteiger partial charge in [0.05, 0.1) is 6.33 Å². The van der Waals surface area contributed by atoms with E-state index in [9.17, 15) is 14.4 Å². The Balaban J connectivity index is 1.90. The predicted octanol–water partition coefficient (Wildman–Crippen LogP) is 1.40. The molecule has 0 saturated heterocycles. The number of aryl methyl sites for hydroxylation is 2. The molecule has 8 nitrogen and oxygen atoms in total. The van der Waals surface area contributed by atoms with E-state index in [1.807, 2.05) is 0 Å². The summed E-state index contributed by atoms with van der Waals surface area (Å²) in [5.74, 6) is -0.401. The molecule has 27 heavy (non-hydrogen) atoms. The van der Waals surface area contributed by atoms with Crippen LogP contribution < -0.4 is 11.2 Å². The number of hydrogen-bond acceptors (Lipinski definition) is 4. The van der Waals surface area contributed by atoms with Gasteiger partial charge in [0.15, 0.2) is 11.2 Å². The molecule has 0 unspecified atom stereocenters. The fraction of sp³-hybridized carbons (Fsp3) is 0.294. The molecule has 1 amide bonds. The predicted molar refractivity (Wildman–Crippen MR) is 103 cm³/mol. The summed E-state index contributed by atoms with van der Waals surface area (Å²) in [5, 5.41) is 0.934. The van der Waals surface area contributed by atoms with Crippen molar-refractivity contribution in [3.05, 3.63) is 61.0 Å². The van der Waals surface area contributed by atoms with Gasteiger partial charge in [-0.15, -0.1) is 0 Å². The van der Waals surface area contributed by atoms with E-state index in [1.165, 1.54) is 27.4 Å². The maximum absolute atomic E-state index is 12.7. The zero-order valence-electron chi connectivity index (χ0n) is 14.9. The third-order valence-corrected chi connectivity index (χ3v) is 4.93. The van der Waals surface area contributed by atoms with Crippen LogP contribution in [0.3, 0.4) is 0 Å². The number of hydrogen-bond donors (Lipinski definition) is 0. The number of nitrogens with zero attached hydrogens (tertiary/aromatic N) is 5. The van der Waals surface area contributed by atoms with Gasteiger partial charge in [-0.05, 0) is 17.7 Å². The summed E-state index contributed by atoms with van der Waals surface area (Å²) in [6.45, 7) is -0.161. The molecule has 142 valence electrons. The third-order valence-electron chi connectivity index (χ3n) is 4.34. The molecule has 0 aliphatic heterocycles. The molecule has 0 radical (unpaired) electrons. The average molecular weight is 410 g/mol. The van der Waals surface area contributed by atoms with E-state index < -0.39 is 17.2 Å². The molecule has 10 heteroatoms. The molecule has 1 aromatic carbocycles. The molecule has 2 heterocycles. The lowest BCUT2D eigenvalue weighted by Gasteiger charge is -2.19. The van der Waals surface area contributed by atoms with Gasteiger partial charge in [0.1, 0.15) is 6.54 Å². The second-order valence-corrected chi connectivity index (χ2v) is 7.09. The van der Waals surface area contributed by atoms with Gasteiger partial charge in [-0.3, -0.25) is 14.2 Å². The maximum Gasteiger partial charge on any atom is 0.332 e. The van der Waals surface area contributed by atoms with Crippen LogP contribution in [0, 0.1) is 0 Å². The van der Waals surface area contributed by atoms with E-state index in [-0.39, 0.29) is 24.3 Å². The highest BCUT2D eigenvalue weighted by Crippen LogP contribution is 2.22. The summed E-state index contributed by atoms with van der Waals surface area (Å²) in [5.41, 5.74) is 0.0851. The lowest BCUT2D eigenvalue weighted by molar-refractivity contribution is -0.131. The Bertz CT molecular complexity index is 1160. The van der Waals surface area contributed by atoms with Gasteiger partial charge in [0.25, 0.3) is 5.56 Å². The van der Waals surface area contributed by atoms with E-state index in [4.69, 9.17) is 23.2 Å². The van der Waals surface area contributed by atoms with E-state index in [0.29, 0.717) is 15.6 Å². The van der Waals surface area contributed by atoms with Crippen LogP contribution in [0.4, 0.5) is 0 Å². The summed E-state index contributed by atoms with van der Waals surface area (Å²) >= 11 is 12.0. The third kappa shape index (κ3) is 3.50. The highest BCUT2D eigenvalue weighted by molar-refractivity contribution is 6.35. The minimum Gasteiger partial charge on any atom is -0.340 e. The summed E-state index contributed by atoms with van der Waals surface area (Å²) in [4.78, 5) is 43.2. The van der Waals surface area contributed by atoms with Crippen molar-refractivity contribution < 1.29 is 4.79 Å². The van der Waals surface area contributed by atoms with Crippen LogP contribution in [0.2, 0.25) is 10.0 Å². The first-order valence-electron chi connectivity index (χ1n) is 7.99. The molecule has 0 aliphatic carbocycles. The second kappa shape index (κ2) is 7.21. The molecule has 2 aromatic heterocycles. The first-order chi connectivity index (χ1) is 12.7. The Morgan fingerprint density at radius 3 is 2.59 bits per heavy atom. The number of carbonyl (C=O) groups excluding carboxylic acids is 1. The summed E-state index contributed by atoms with van der Waals surface area (Å²) in [6.07, 6.45) is 1.45. The minimum atomic E-state index is -0.600. The largest absolute Gasteiger partial charge is 0.340 e. The van der Waals surface area contributed by atoms with Crippen LogP contribution in [-0.2, 0) is 32.0 Å². The van der Waals surface area contributed by atoms with Gasteiger partial charge >= 0.3 is 5.69 Å². The zero-order valence-corrected chi connectivity index (χ0v) is 16.5. The smallest absolute Gasteiger partial charge is 0.332 e. The standard InChI is InChI=1S/C17H17Cl2N5O3/c1-21(7-10-4-5-11(18)6-12(10)19)13(25)8-24-16(26)14-15(20-9-22(14)2)23(3)17(24)27/h4-6,9H,7-8H2,1-3H3. The monoisotopic (exact) mass is 409 g/mol. The van der Waals surface area contributed by atoms with Crippen molar-refractivity contribution >= 4 is 40.3 Å². The van der Waals surface area contributed by atoms with Crippen molar-refractivity contribution in [2.24, 2.45) is 14.1 Å². The van der Waals surface area contributed by atoms with Crippen molar-refractivity contribution in [1.82, 2.24) is 23.6 Å². The van der Waals surface area contributed by atoms with E-state index in [2.05, 4.69) is 4.98 Å². The van der Waals surface area contributed by atoms with E-state index in [1.54, 1.807) is 32.3 Å². The molecular formula is C17H17Cl2N5O3. The number of rotatable bonds is 4. The van der Waals surface area contributed by atoms with Gasteiger partial charge in [0.2, 0.25) is 5.91 Å². The zero-order chi connectivity index (χ0) is 19.9. The second-order valence-electron chi connectivity index (χ2n) is 6.25. The maximum atomic E-state index is 12.7. The SMILES string of the molecule is CN(Cc1ccc(Cl)cc1Cl)C(=O)Cn1c(=O)c2c(ncn2C)n(C)c1=O. The van der Waals surface area contributed by atoms with Crippen molar-refractivity contribution in [3.8, 4) is 0 Å². The number of likely N-dealkylation sites (N-methyl/N-ethyl adjacent to an activating group) is 1. The normalized spacial score (nSPS) is 11.1. The molecule has 0 N–H and O–H groups in total. The van der Waals surface area contributed by atoms with Gasteiger partial charge in [-0.25, -0.2) is 14.3 Å². The Morgan fingerprint density at radius 2 is 1.93 bits per heavy atom. The Hall–Kier alpha value is -2.58. The molecule has 0 atom stereocenters. The Kier molecular flexibility index (Phi) is 5.12. The number of carbonyl (C=O) groups is 1. The van der Waals surface area contributed by atoms with Crippen LogP contribution in [0.1, 0.15) is 5.56 Å². The fourth-order valence-corrected chi connectivity index (χ4v) is 3.25. The van der Waals surface area contributed by atoms with Crippen LogP contribution >= 0.6 is 23.2 Å². The highest BCUT2D eigenvalue weighted by Gasteiger charge is 2.19. The van der Waals surface area contributed by atoms with Gasteiger partial charge in [-0.2, -0.15) is 0 Å². The number of fused-ring (bicyclic) bond motifs is 1. The number of benzene rings is 1. The lowest BCUT2D eigenvalue weighted by Crippen LogP contribution is -2.43. The summed E-state index contributed by atoms with van der Waals surface area (Å²) < 4.78 is 3.68. The average Bonchev–Trinajstić information content (AvgIpc) is 3.00. The van der Waals surface area contributed by atoms with Crippen molar-refractivity contribution in [3.63, 3.8) is 0 Å². The topological polar surface area (TPSA) is 82.1 Å². The lowest BCUT2D eigenvalue weighted by atomic mass is 10.2. The number of aromatic nitrogens is 4. The minimum absolute atomic E-state index is 0.220. The van der Waals surface area contributed by atoms with E-state index >= 15 is 0 Å². The molecular weight excluding hydrogens is 393 g/mol. The van der Waals surface area contributed by atoms with Crippen molar-refractivity contribution in [2.45, 2.75) is 13.1 Å². The molecule has 0 saturated carbocycles. The van der Waals surface area contributed by atoms with Gasteiger partial charge in [-0.1, -0.05) is 29.3 Å². The molecule has 3 aromatic rings. The number of amides is 1.